The zero-order valence-electron chi connectivity index (χ0n) is 6.55. The molecule has 0 aliphatic rings. The molecule has 58 valence electrons. The van der Waals surface area contributed by atoms with Gasteiger partial charge >= 0.3 is 5.76 Å². The van der Waals surface area contributed by atoms with E-state index in [0.29, 0.717) is 16.6 Å². The summed E-state index contributed by atoms with van der Waals surface area (Å²) in [6, 6.07) is 3.44. The highest BCUT2D eigenvalue weighted by atomic mass is 16.4. The van der Waals surface area contributed by atoms with E-state index in [9.17, 15) is 4.79 Å². The van der Waals surface area contributed by atoms with Crippen molar-refractivity contribution in [1.29, 1.82) is 0 Å². The van der Waals surface area contributed by atoms with Crippen LogP contribution in [0.4, 0.5) is 0 Å². The summed E-state index contributed by atoms with van der Waals surface area (Å²) in [6.07, 6.45) is 0. The van der Waals surface area contributed by atoms with Crippen molar-refractivity contribution in [3.63, 3.8) is 0 Å². The normalized spacial score (nSPS) is 10.8. The van der Waals surface area contributed by atoms with E-state index in [1.807, 2.05) is 6.92 Å². The van der Waals surface area contributed by atoms with Crippen LogP contribution in [0.2, 0.25) is 0 Å². The van der Waals surface area contributed by atoms with Gasteiger partial charge in [0.1, 0.15) is 7.85 Å². The van der Waals surface area contributed by atoms with Crippen molar-refractivity contribution in [1.82, 2.24) is 4.98 Å². The van der Waals surface area contributed by atoms with Gasteiger partial charge < -0.3 is 4.42 Å². The maximum absolute atomic E-state index is 10.8. The van der Waals surface area contributed by atoms with Gasteiger partial charge in [0.2, 0.25) is 0 Å². The molecule has 0 spiro atoms. The Morgan fingerprint density at radius 2 is 2.25 bits per heavy atom. The summed E-state index contributed by atoms with van der Waals surface area (Å²) in [5.74, 6) is -0.446. The van der Waals surface area contributed by atoms with Crippen LogP contribution < -0.4 is 11.2 Å². The fourth-order valence-electron chi connectivity index (χ4n) is 1.26. The maximum Gasteiger partial charge on any atom is 0.417 e. The quantitative estimate of drug-likeness (QED) is 0.559. The van der Waals surface area contributed by atoms with Crippen LogP contribution in [-0.4, -0.2) is 12.8 Å². The molecular weight excluding hydrogens is 153 g/mol. The molecule has 2 rings (SSSR count). The van der Waals surface area contributed by atoms with Crippen molar-refractivity contribution >= 4 is 24.4 Å². The van der Waals surface area contributed by atoms with Crippen molar-refractivity contribution in [3.05, 3.63) is 28.2 Å². The third kappa shape index (κ3) is 0.960. The minimum atomic E-state index is -0.446. The highest BCUT2D eigenvalue weighted by Crippen LogP contribution is 2.11. The van der Waals surface area contributed by atoms with Gasteiger partial charge in [-0.25, -0.2) is 4.79 Å². The molecule has 0 bridgehead atoms. The van der Waals surface area contributed by atoms with Crippen molar-refractivity contribution in [2.45, 2.75) is 6.92 Å². The Hall–Kier alpha value is -1.45. The van der Waals surface area contributed by atoms with Gasteiger partial charge in [-0.2, -0.15) is 0 Å². The first-order valence-electron chi connectivity index (χ1n) is 3.56. The number of aryl methyl sites for hydroxylation is 1. The molecule has 4 heteroatoms. The molecule has 2 radical (unpaired) electrons. The van der Waals surface area contributed by atoms with Gasteiger partial charge in [-0.3, -0.25) is 4.98 Å². The molecule has 0 aliphatic heterocycles. The number of nitrogens with one attached hydrogen (secondary N) is 1. The van der Waals surface area contributed by atoms with Gasteiger partial charge in [0.25, 0.3) is 0 Å². The lowest BCUT2D eigenvalue weighted by atomic mass is 9.94. The molecule has 1 N–H and O–H groups in total. The van der Waals surface area contributed by atoms with Gasteiger partial charge in [-0.05, 0) is 18.6 Å². The molecule has 0 saturated carbocycles. The first-order chi connectivity index (χ1) is 5.66. The summed E-state index contributed by atoms with van der Waals surface area (Å²) in [6.45, 7) is 1.84. The molecule has 0 saturated heterocycles. The summed E-state index contributed by atoms with van der Waals surface area (Å²) in [5.41, 5.74) is 2.71. The van der Waals surface area contributed by atoms with Crippen molar-refractivity contribution in [2.24, 2.45) is 0 Å². The predicted molar refractivity (Wildman–Crippen MR) is 47.0 cm³/mol. The SMILES string of the molecule is [B]c1cc(C)c2oc(=O)[nH]c2c1. The second-order valence-electron chi connectivity index (χ2n) is 2.73. The van der Waals surface area contributed by atoms with Crippen molar-refractivity contribution in [3.8, 4) is 0 Å². The van der Waals surface area contributed by atoms with E-state index in [-0.39, 0.29) is 0 Å². The van der Waals surface area contributed by atoms with Crippen molar-refractivity contribution < 1.29 is 4.42 Å². The molecule has 0 unspecified atom stereocenters. The molecule has 12 heavy (non-hydrogen) atoms. The van der Waals surface area contributed by atoms with E-state index in [1.165, 1.54) is 0 Å². The maximum atomic E-state index is 10.8. The topological polar surface area (TPSA) is 46.0 Å². The molecule has 1 aromatic carbocycles. The predicted octanol–water partition coefficient (Wildman–Crippen LogP) is 0.223. The van der Waals surface area contributed by atoms with E-state index in [2.05, 4.69) is 4.98 Å². The van der Waals surface area contributed by atoms with Gasteiger partial charge in [0.05, 0.1) is 5.52 Å². The number of aromatic amines is 1. The summed E-state index contributed by atoms with van der Waals surface area (Å²) < 4.78 is 4.89. The molecule has 0 atom stereocenters. The van der Waals surface area contributed by atoms with Crippen LogP contribution in [0.5, 0.6) is 0 Å². The first kappa shape index (κ1) is 7.22. The van der Waals surface area contributed by atoms with Crippen LogP contribution in [0.3, 0.4) is 0 Å². The van der Waals surface area contributed by atoms with Crippen LogP contribution in [0, 0.1) is 6.92 Å². The van der Waals surface area contributed by atoms with E-state index < -0.39 is 5.76 Å². The Bertz CT molecular complexity index is 483. The Morgan fingerprint density at radius 3 is 3.00 bits per heavy atom. The Balaban J connectivity index is 2.97. The number of hydrogen-bond acceptors (Lipinski definition) is 2. The monoisotopic (exact) mass is 159 g/mol. The first-order valence-corrected chi connectivity index (χ1v) is 3.56. The Kier molecular flexibility index (Phi) is 1.36. The third-order valence-corrected chi connectivity index (χ3v) is 1.73. The molecule has 0 aliphatic carbocycles. The smallest absolute Gasteiger partial charge is 0.408 e. The molecule has 0 amide bonds. The number of benzene rings is 1. The molecule has 1 aromatic heterocycles. The average molecular weight is 159 g/mol. The lowest BCUT2D eigenvalue weighted by molar-refractivity contribution is 0.553. The van der Waals surface area contributed by atoms with Gasteiger partial charge in [-0.1, -0.05) is 11.5 Å². The minimum Gasteiger partial charge on any atom is -0.408 e. The summed E-state index contributed by atoms with van der Waals surface area (Å²) in [7, 11) is 5.57. The van der Waals surface area contributed by atoms with E-state index >= 15 is 0 Å². The standard InChI is InChI=1S/C8H6BNO2/c1-4-2-5(9)3-6-7(4)12-8(11)10-6/h2-3H,1H3,(H,10,11). The molecule has 3 nitrogen and oxygen atoms in total. The number of oxazole rings is 1. The lowest BCUT2D eigenvalue weighted by Crippen LogP contribution is -2.01. The highest BCUT2D eigenvalue weighted by molar-refractivity contribution is 6.33. The summed E-state index contributed by atoms with van der Waals surface area (Å²) in [5, 5.41) is 0. The zero-order chi connectivity index (χ0) is 8.72. The van der Waals surface area contributed by atoms with Gasteiger partial charge in [0, 0.05) is 0 Å². The van der Waals surface area contributed by atoms with Crippen LogP contribution in [0.1, 0.15) is 5.56 Å². The zero-order valence-corrected chi connectivity index (χ0v) is 6.55. The van der Waals surface area contributed by atoms with E-state index in [4.69, 9.17) is 12.3 Å². The van der Waals surface area contributed by atoms with Crippen LogP contribution >= 0.6 is 0 Å². The Labute approximate surface area is 69.8 Å². The van der Waals surface area contributed by atoms with Gasteiger partial charge in [-0.15, -0.1) is 0 Å². The number of H-pyrrole nitrogens is 1. The second-order valence-corrected chi connectivity index (χ2v) is 2.73. The lowest BCUT2D eigenvalue weighted by Gasteiger charge is -1.95. The third-order valence-electron chi connectivity index (χ3n) is 1.73. The second kappa shape index (κ2) is 2.27. The number of aromatic nitrogens is 1. The molecule has 0 fully saturated rings. The fourth-order valence-corrected chi connectivity index (χ4v) is 1.26. The van der Waals surface area contributed by atoms with Crippen LogP contribution in [-0.2, 0) is 0 Å². The van der Waals surface area contributed by atoms with Crippen LogP contribution in [0.25, 0.3) is 11.1 Å². The Morgan fingerprint density at radius 1 is 1.50 bits per heavy atom. The number of fused-ring (bicyclic) bond motifs is 1. The van der Waals surface area contributed by atoms with E-state index in [0.717, 1.165) is 5.56 Å². The minimum absolute atomic E-state index is 0.446. The largest absolute Gasteiger partial charge is 0.417 e. The summed E-state index contributed by atoms with van der Waals surface area (Å²) >= 11 is 0. The number of rotatable bonds is 0. The molecule has 1 heterocycles. The van der Waals surface area contributed by atoms with Gasteiger partial charge in [0.15, 0.2) is 5.58 Å². The van der Waals surface area contributed by atoms with E-state index in [1.54, 1.807) is 12.1 Å². The average Bonchev–Trinajstić information content (AvgIpc) is 2.29. The fraction of sp³-hybridized carbons (Fsp3) is 0.125. The summed E-state index contributed by atoms with van der Waals surface area (Å²) in [4.78, 5) is 13.3. The molecular formula is C8H6BNO2. The van der Waals surface area contributed by atoms with Crippen molar-refractivity contribution in [2.75, 3.05) is 0 Å². The molecule has 2 aromatic rings. The highest BCUT2D eigenvalue weighted by Gasteiger charge is 2.03. The number of hydrogen-bond donors (Lipinski definition) is 1. The van der Waals surface area contributed by atoms with Crippen LogP contribution in [0.15, 0.2) is 21.3 Å².